The van der Waals surface area contributed by atoms with E-state index in [0.717, 1.165) is 53.5 Å². The van der Waals surface area contributed by atoms with Gasteiger partial charge in [0.2, 0.25) is 0 Å². The van der Waals surface area contributed by atoms with E-state index >= 15 is 0 Å². The third-order valence-corrected chi connectivity index (χ3v) is 4.65. The number of nitrogens with one attached hydrogen (secondary N) is 3. The normalized spacial score (nSPS) is 11.5. The van der Waals surface area contributed by atoms with Crippen LogP contribution in [0.3, 0.4) is 0 Å². The van der Waals surface area contributed by atoms with Gasteiger partial charge in [0.1, 0.15) is 17.3 Å². The predicted molar refractivity (Wildman–Crippen MR) is 115 cm³/mol. The lowest BCUT2D eigenvalue weighted by Crippen LogP contribution is -2.37. The number of aryl methyl sites for hydroxylation is 2. The molecule has 3 aromatic rings. The number of nitrogens with zero attached hydrogens (tertiary/aromatic N) is 4. The van der Waals surface area contributed by atoms with Crippen molar-refractivity contribution in [3.63, 3.8) is 0 Å². The second kappa shape index (κ2) is 10.4. The number of aromatic amines is 1. The quantitative estimate of drug-likeness (QED) is 0.366. The maximum Gasteiger partial charge on any atom is 0.191 e. The van der Waals surface area contributed by atoms with Gasteiger partial charge in [0.05, 0.1) is 25.9 Å². The fourth-order valence-electron chi connectivity index (χ4n) is 3.03. The Balaban J connectivity index is 1.65. The molecule has 0 radical (unpaired) electrons. The van der Waals surface area contributed by atoms with Crippen LogP contribution in [0.1, 0.15) is 43.6 Å². The van der Waals surface area contributed by atoms with Crippen molar-refractivity contribution in [2.75, 3.05) is 13.7 Å². The Hall–Kier alpha value is -3.36. The molecule has 2 heterocycles. The molecular weight excluding hydrogens is 382 g/mol. The molecule has 3 rings (SSSR count). The van der Waals surface area contributed by atoms with Crippen LogP contribution < -0.4 is 15.4 Å². The van der Waals surface area contributed by atoms with Gasteiger partial charge in [-0.15, -0.1) is 0 Å². The standard InChI is InChI=1S/C21H29N7O2/c1-5-17-16(18(6-2)30-28-17)12-23-21(22-7-3)24-13-19-25-20(27-26-19)14-8-10-15(29-4)11-9-14/h8-11H,5-7,12-13H2,1-4H3,(H2,22,23,24)(H,25,26,27). The number of guanidine groups is 1. The molecule has 0 atom stereocenters. The first-order chi connectivity index (χ1) is 14.7. The molecule has 0 fully saturated rings. The minimum absolute atomic E-state index is 0.472. The second-order valence-electron chi connectivity index (χ2n) is 6.62. The van der Waals surface area contributed by atoms with E-state index in [1.165, 1.54) is 0 Å². The summed E-state index contributed by atoms with van der Waals surface area (Å²) in [6, 6.07) is 7.64. The van der Waals surface area contributed by atoms with Gasteiger partial charge in [-0.05, 0) is 37.6 Å². The van der Waals surface area contributed by atoms with Crippen LogP contribution in [0, 0.1) is 0 Å². The molecule has 0 amide bonds. The van der Waals surface area contributed by atoms with E-state index < -0.39 is 0 Å². The molecule has 30 heavy (non-hydrogen) atoms. The molecule has 160 valence electrons. The molecule has 3 N–H and O–H groups in total. The highest BCUT2D eigenvalue weighted by molar-refractivity contribution is 5.79. The molecule has 0 unspecified atom stereocenters. The lowest BCUT2D eigenvalue weighted by atomic mass is 10.1. The third kappa shape index (κ3) is 5.16. The number of rotatable bonds is 9. The summed E-state index contributed by atoms with van der Waals surface area (Å²) in [5, 5.41) is 18.0. The van der Waals surface area contributed by atoms with E-state index in [9.17, 15) is 0 Å². The van der Waals surface area contributed by atoms with Crippen LogP contribution in [-0.2, 0) is 25.9 Å². The van der Waals surface area contributed by atoms with Gasteiger partial charge < -0.3 is 19.9 Å². The van der Waals surface area contributed by atoms with Gasteiger partial charge in [-0.1, -0.05) is 19.0 Å². The van der Waals surface area contributed by atoms with Crippen LogP contribution in [-0.4, -0.2) is 40.0 Å². The van der Waals surface area contributed by atoms with Gasteiger partial charge in [-0.3, -0.25) is 5.10 Å². The van der Waals surface area contributed by atoms with Crippen molar-refractivity contribution < 1.29 is 9.26 Å². The molecule has 1 aromatic carbocycles. The second-order valence-corrected chi connectivity index (χ2v) is 6.62. The smallest absolute Gasteiger partial charge is 0.191 e. The van der Waals surface area contributed by atoms with Crippen molar-refractivity contribution in [1.82, 2.24) is 31.0 Å². The topological polar surface area (TPSA) is 113 Å². The SMILES string of the molecule is CCNC(=NCc1c(CC)noc1CC)NCc1nc(-c2ccc(OC)cc2)n[nH]1. The van der Waals surface area contributed by atoms with Crippen LogP contribution >= 0.6 is 0 Å². The summed E-state index contributed by atoms with van der Waals surface area (Å²) >= 11 is 0. The van der Waals surface area contributed by atoms with Gasteiger partial charge >= 0.3 is 0 Å². The Morgan fingerprint density at radius 3 is 2.60 bits per heavy atom. The van der Waals surface area contributed by atoms with Crippen molar-refractivity contribution in [3.05, 3.63) is 47.1 Å². The van der Waals surface area contributed by atoms with E-state index in [1.807, 2.05) is 31.2 Å². The first-order valence-electron chi connectivity index (χ1n) is 10.2. The molecule has 0 bridgehead atoms. The molecule has 9 nitrogen and oxygen atoms in total. The van der Waals surface area contributed by atoms with Crippen molar-refractivity contribution >= 4 is 5.96 Å². The Morgan fingerprint density at radius 2 is 1.93 bits per heavy atom. The van der Waals surface area contributed by atoms with E-state index in [4.69, 9.17) is 14.3 Å². The lowest BCUT2D eigenvalue weighted by molar-refractivity contribution is 0.380. The van der Waals surface area contributed by atoms with Gasteiger partial charge in [0, 0.05) is 24.1 Å². The van der Waals surface area contributed by atoms with E-state index in [-0.39, 0.29) is 0 Å². The van der Waals surface area contributed by atoms with Crippen molar-refractivity contribution in [2.24, 2.45) is 4.99 Å². The minimum Gasteiger partial charge on any atom is -0.497 e. The molecule has 0 aliphatic rings. The predicted octanol–water partition coefficient (Wildman–Crippen LogP) is 2.85. The highest BCUT2D eigenvalue weighted by Gasteiger charge is 2.13. The van der Waals surface area contributed by atoms with Crippen LogP contribution in [0.4, 0.5) is 0 Å². The summed E-state index contributed by atoms with van der Waals surface area (Å²) in [5.74, 6) is 3.75. The number of ether oxygens (including phenoxy) is 1. The van der Waals surface area contributed by atoms with Crippen LogP contribution in [0.15, 0.2) is 33.8 Å². The molecule has 2 aromatic heterocycles. The van der Waals surface area contributed by atoms with Crippen molar-refractivity contribution in [2.45, 2.75) is 46.7 Å². The average molecular weight is 412 g/mol. The number of hydrogen-bond acceptors (Lipinski definition) is 6. The zero-order chi connectivity index (χ0) is 21.3. The summed E-state index contributed by atoms with van der Waals surface area (Å²) in [6.07, 6.45) is 1.62. The molecule has 0 spiro atoms. The fourth-order valence-corrected chi connectivity index (χ4v) is 3.03. The number of hydrogen-bond donors (Lipinski definition) is 3. The Bertz CT molecular complexity index is 939. The Morgan fingerprint density at radius 1 is 1.13 bits per heavy atom. The number of H-pyrrole nitrogens is 1. The highest BCUT2D eigenvalue weighted by Crippen LogP contribution is 2.19. The largest absolute Gasteiger partial charge is 0.497 e. The summed E-state index contributed by atoms with van der Waals surface area (Å²) < 4.78 is 10.6. The monoisotopic (exact) mass is 411 g/mol. The first-order valence-corrected chi connectivity index (χ1v) is 10.2. The molecule has 0 aliphatic heterocycles. The van der Waals surface area contributed by atoms with Crippen LogP contribution in [0.25, 0.3) is 11.4 Å². The van der Waals surface area contributed by atoms with E-state index in [2.05, 4.69) is 44.8 Å². The fraction of sp³-hybridized carbons (Fsp3) is 0.429. The first kappa shape index (κ1) is 21.4. The van der Waals surface area contributed by atoms with Crippen molar-refractivity contribution in [1.29, 1.82) is 0 Å². The molecule has 0 aliphatic carbocycles. The molecule has 0 saturated carbocycles. The number of benzene rings is 1. The zero-order valence-electron chi connectivity index (χ0n) is 18.0. The summed E-state index contributed by atoms with van der Waals surface area (Å²) in [4.78, 5) is 9.25. The highest BCUT2D eigenvalue weighted by atomic mass is 16.5. The summed E-state index contributed by atoms with van der Waals surface area (Å²) in [7, 11) is 1.64. The van der Waals surface area contributed by atoms with Crippen LogP contribution in [0.2, 0.25) is 0 Å². The Kier molecular flexibility index (Phi) is 7.42. The zero-order valence-corrected chi connectivity index (χ0v) is 18.0. The molecule has 9 heteroatoms. The van der Waals surface area contributed by atoms with E-state index in [1.54, 1.807) is 7.11 Å². The van der Waals surface area contributed by atoms with Gasteiger partial charge in [0.25, 0.3) is 0 Å². The van der Waals surface area contributed by atoms with Gasteiger partial charge in [-0.25, -0.2) is 9.98 Å². The van der Waals surface area contributed by atoms with Crippen molar-refractivity contribution in [3.8, 4) is 17.1 Å². The van der Waals surface area contributed by atoms with E-state index in [0.29, 0.717) is 24.9 Å². The number of methoxy groups -OCH3 is 1. The maximum absolute atomic E-state index is 5.43. The molecular formula is C21H29N7O2. The molecule has 0 saturated heterocycles. The summed E-state index contributed by atoms with van der Waals surface area (Å²) in [6.45, 7) is 7.89. The van der Waals surface area contributed by atoms with Crippen LogP contribution in [0.5, 0.6) is 5.75 Å². The minimum atomic E-state index is 0.472. The maximum atomic E-state index is 5.43. The Labute approximate surface area is 176 Å². The number of aromatic nitrogens is 4. The average Bonchev–Trinajstić information content (AvgIpc) is 3.42. The summed E-state index contributed by atoms with van der Waals surface area (Å²) in [5.41, 5.74) is 2.95. The lowest BCUT2D eigenvalue weighted by Gasteiger charge is -2.10. The third-order valence-electron chi connectivity index (χ3n) is 4.65. The number of aliphatic imine (C=N–C) groups is 1. The van der Waals surface area contributed by atoms with Gasteiger partial charge in [0.15, 0.2) is 11.8 Å². The van der Waals surface area contributed by atoms with Gasteiger partial charge in [-0.2, -0.15) is 5.10 Å².